The van der Waals surface area contributed by atoms with Crippen LogP contribution < -0.4 is 11.5 Å². The molecule has 3 heteroatoms. The molecule has 3 aromatic rings. The van der Waals surface area contributed by atoms with Crippen molar-refractivity contribution in [2.75, 3.05) is 11.5 Å². The van der Waals surface area contributed by atoms with E-state index in [-0.39, 0.29) is 0 Å². The van der Waals surface area contributed by atoms with Gasteiger partial charge in [0.25, 0.3) is 0 Å². The molecule has 0 amide bonds. The van der Waals surface area contributed by atoms with Gasteiger partial charge in [0, 0.05) is 11.4 Å². The lowest BCUT2D eigenvalue weighted by molar-refractivity contribution is 0.0268. The van der Waals surface area contributed by atoms with Gasteiger partial charge in [-0.05, 0) is 46.5 Å². The lowest BCUT2D eigenvalue weighted by Gasteiger charge is -2.31. The Bertz CT molecular complexity index is 793. The van der Waals surface area contributed by atoms with Crippen molar-refractivity contribution in [2.45, 2.75) is 12.2 Å². The summed E-state index contributed by atoms with van der Waals surface area (Å²) in [6, 6.07) is 24.2. The monoisotopic (exact) mass is 302 g/mol. The van der Waals surface area contributed by atoms with Gasteiger partial charge in [0.1, 0.15) is 5.60 Å². The van der Waals surface area contributed by atoms with Crippen LogP contribution in [0.15, 0.2) is 72.8 Å². The van der Waals surface area contributed by atoms with Crippen molar-refractivity contribution in [1.82, 2.24) is 0 Å². The fourth-order valence-corrected chi connectivity index (χ4v) is 3.33. The molecule has 0 atom stereocenters. The standard InChI is InChI=1S/C20H18N2O/c21-17-9-5-15(6-10-17)20(16-7-11-18(22)12-8-16)19-4-2-1-3-14(19)13-23-20/h1-12H,13,21-22H2. The van der Waals surface area contributed by atoms with Crippen LogP contribution in [0.4, 0.5) is 11.4 Å². The molecule has 0 bridgehead atoms. The predicted octanol–water partition coefficient (Wildman–Crippen LogP) is 3.67. The highest BCUT2D eigenvalue weighted by Crippen LogP contribution is 2.47. The second kappa shape index (κ2) is 5.14. The maximum atomic E-state index is 6.38. The van der Waals surface area contributed by atoms with Gasteiger partial charge in [-0.1, -0.05) is 48.5 Å². The molecule has 0 aromatic heterocycles. The molecule has 4 N–H and O–H groups in total. The van der Waals surface area contributed by atoms with E-state index in [9.17, 15) is 0 Å². The topological polar surface area (TPSA) is 61.3 Å². The molecule has 1 aliphatic rings. The summed E-state index contributed by atoms with van der Waals surface area (Å²) in [5, 5.41) is 0. The molecule has 1 aliphatic heterocycles. The van der Waals surface area contributed by atoms with Gasteiger partial charge in [-0.15, -0.1) is 0 Å². The molecule has 0 radical (unpaired) electrons. The van der Waals surface area contributed by atoms with E-state index in [0.717, 1.165) is 22.5 Å². The van der Waals surface area contributed by atoms with Crippen LogP contribution in [0, 0.1) is 0 Å². The van der Waals surface area contributed by atoms with Gasteiger partial charge in [0.05, 0.1) is 6.61 Å². The Morgan fingerprint density at radius 1 is 0.696 bits per heavy atom. The maximum absolute atomic E-state index is 6.38. The molecular formula is C20H18N2O. The first-order chi connectivity index (χ1) is 11.2. The van der Waals surface area contributed by atoms with Crippen LogP contribution in [-0.4, -0.2) is 0 Å². The van der Waals surface area contributed by atoms with Crippen LogP contribution in [0.5, 0.6) is 0 Å². The summed E-state index contributed by atoms with van der Waals surface area (Å²) in [5.74, 6) is 0. The SMILES string of the molecule is Nc1ccc(C2(c3ccc(N)cc3)OCc3ccccc32)cc1. The van der Waals surface area contributed by atoms with Crippen molar-refractivity contribution in [3.63, 3.8) is 0 Å². The molecule has 1 heterocycles. The highest BCUT2D eigenvalue weighted by atomic mass is 16.5. The first-order valence-electron chi connectivity index (χ1n) is 7.64. The largest absolute Gasteiger partial charge is 0.399 e. The zero-order valence-electron chi connectivity index (χ0n) is 12.7. The molecule has 0 aliphatic carbocycles. The molecule has 3 nitrogen and oxygen atoms in total. The van der Waals surface area contributed by atoms with Gasteiger partial charge in [0.2, 0.25) is 0 Å². The predicted molar refractivity (Wildman–Crippen MR) is 92.8 cm³/mol. The van der Waals surface area contributed by atoms with E-state index in [1.165, 1.54) is 11.1 Å². The molecule has 0 unspecified atom stereocenters. The van der Waals surface area contributed by atoms with Crippen molar-refractivity contribution in [3.8, 4) is 0 Å². The van der Waals surface area contributed by atoms with Gasteiger partial charge in [-0.25, -0.2) is 0 Å². The van der Waals surface area contributed by atoms with Crippen LogP contribution in [0.1, 0.15) is 22.3 Å². The van der Waals surface area contributed by atoms with Crippen molar-refractivity contribution in [2.24, 2.45) is 0 Å². The zero-order chi connectivity index (χ0) is 15.9. The number of hydrogen-bond donors (Lipinski definition) is 2. The Hall–Kier alpha value is -2.78. The number of nitrogens with two attached hydrogens (primary N) is 2. The molecule has 0 saturated carbocycles. The maximum Gasteiger partial charge on any atom is 0.144 e. The highest BCUT2D eigenvalue weighted by molar-refractivity contribution is 5.56. The minimum Gasteiger partial charge on any atom is -0.399 e. The van der Waals surface area contributed by atoms with E-state index in [1.54, 1.807) is 0 Å². The van der Waals surface area contributed by atoms with Gasteiger partial charge in [-0.2, -0.15) is 0 Å². The van der Waals surface area contributed by atoms with Crippen LogP contribution >= 0.6 is 0 Å². The smallest absolute Gasteiger partial charge is 0.144 e. The number of hydrogen-bond acceptors (Lipinski definition) is 3. The molecule has 0 spiro atoms. The summed E-state index contributed by atoms with van der Waals surface area (Å²) in [6.45, 7) is 0.588. The molecule has 23 heavy (non-hydrogen) atoms. The number of fused-ring (bicyclic) bond motifs is 1. The Morgan fingerprint density at radius 2 is 1.22 bits per heavy atom. The Labute approximate surface area is 135 Å². The third-order valence-electron chi connectivity index (χ3n) is 4.48. The number of ether oxygens (including phenoxy) is 1. The lowest BCUT2D eigenvalue weighted by Crippen LogP contribution is -2.28. The second-order valence-electron chi connectivity index (χ2n) is 5.87. The van der Waals surface area contributed by atoms with Crippen LogP contribution in [0.2, 0.25) is 0 Å². The van der Waals surface area contributed by atoms with Crippen molar-refractivity contribution >= 4 is 11.4 Å². The molecule has 114 valence electrons. The number of nitrogen functional groups attached to an aromatic ring is 2. The minimum atomic E-state index is -0.613. The van der Waals surface area contributed by atoms with Crippen molar-refractivity contribution < 1.29 is 4.74 Å². The number of benzene rings is 3. The first-order valence-corrected chi connectivity index (χ1v) is 7.64. The molecule has 4 rings (SSSR count). The van der Waals surface area contributed by atoms with Gasteiger partial charge < -0.3 is 16.2 Å². The fourth-order valence-electron chi connectivity index (χ4n) is 3.33. The van der Waals surface area contributed by atoms with Crippen LogP contribution in [0.3, 0.4) is 0 Å². The first kappa shape index (κ1) is 13.9. The number of rotatable bonds is 2. The van der Waals surface area contributed by atoms with E-state index < -0.39 is 5.60 Å². The molecule has 0 saturated heterocycles. The van der Waals surface area contributed by atoms with Gasteiger partial charge in [0.15, 0.2) is 0 Å². The van der Waals surface area contributed by atoms with Gasteiger partial charge in [-0.3, -0.25) is 0 Å². The summed E-state index contributed by atoms with van der Waals surface area (Å²) in [4.78, 5) is 0. The average molecular weight is 302 g/mol. The van der Waals surface area contributed by atoms with E-state index in [0.29, 0.717) is 6.61 Å². The Kier molecular flexibility index (Phi) is 3.10. The van der Waals surface area contributed by atoms with E-state index >= 15 is 0 Å². The normalized spacial score (nSPS) is 15.3. The lowest BCUT2D eigenvalue weighted by atomic mass is 9.80. The fraction of sp³-hybridized carbons (Fsp3) is 0.100. The minimum absolute atomic E-state index is 0.588. The van der Waals surface area contributed by atoms with Crippen molar-refractivity contribution in [3.05, 3.63) is 95.1 Å². The second-order valence-corrected chi connectivity index (χ2v) is 5.87. The summed E-state index contributed by atoms with van der Waals surface area (Å²) in [5.41, 5.74) is 17.1. The van der Waals surface area contributed by atoms with Crippen molar-refractivity contribution in [1.29, 1.82) is 0 Å². The Balaban J connectivity index is 1.99. The van der Waals surface area contributed by atoms with Gasteiger partial charge >= 0.3 is 0 Å². The molecule has 0 fully saturated rings. The number of anilines is 2. The third-order valence-corrected chi connectivity index (χ3v) is 4.48. The van der Waals surface area contributed by atoms with E-state index in [4.69, 9.17) is 16.2 Å². The summed E-state index contributed by atoms with van der Waals surface area (Å²) in [7, 11) is 0. The molecular weight excluding hydrogens is 284 g/mol. The summed E-state index contributed by atoms with van der Waals surface area (Å²) in [6.07, 6.45) is 0. The zero-order valence-corrected chi connectivity index (χ0v) is 12.7. The quantitative estimate of drug-likeness (QED) is 0.710. The Morgan fingerprint density at radius 3 is 1.78 bits per heavy atom. The van der Waals surface area contributed by atoms with E-state index in [2.05, 4.69) is 18.2 Å². The summed E-state index contributed by atoms with van der Waals surface area (Å²) >= 11 is 0. The van der Waals surface area contributed by atoms with Crippen LogP contribution in [-0.2, 0) is 16.9 Å². The van der Waals surface area contributed by atoms with Crippen LogP contribution in [0.25, 0.3) is 0 Å². The summed E-state index contributed by atoms with van der Waals surface area (Å²) < 4.78 is 6.38. The third kappa shape index (κ3) is 2.09. The average Bonchev–Trinajstić information content (AvgIpc) is 2.97. The molecule has 3 aromatic carbocycles. The highest BCUT2D eigenvalue weighted by Gasteiger charge is 2.43. The van der Waals surface area contributed by atoms with E-state index in [1.807, 2.05) is 54.6 Å².